The number of hydrazone groups is 1. The zero-order valence-corrected chi connectivity index (χ0v) is 19.2. The highest BCUT2D eigenvalue weighted by atomic mass is 32.1. The highest BCUT2D eigenvalue weighted by Crippen LogP contribution is 2.22. The molecule has 0 saturated carbocycles. The van der Waals surface area contributed by atoms with E-state index in [1.54, 1.807) is 24.0 Å². The topological polar surface area (TPSA) is 97.5 Å². The summed E-state index contributed by atoms with van der Waals surface area (Å²) in [6.45, 7) is 3.51. The molecule has 34 heavy (non-hydrogen) atoms. The molecule has 1 amide bonds. The van der Waals surface area contributed by atoms with Gasteiger partial charge in [-0.05, 0) is 17.7 Å². The summed E-state index contributed by atoms with van der Waals surface area (Å²) < 4.78 is 7.23. The molecular formula is C24H23N7O2S. The van der Waals surface area contributed by atoms with Crippen molar-refractivity contribution in [2.45, 2.75) is 6.54 Å². The average molecular weight is 474 g/mol. The van der Waals surface area contributed by atoms with Gasteiger partial charge in [-0.15, -0.1) is 11.3 Å². The normalized spacial score (nSPS) is 13.9. The second-order valence-electron chi connectivity index (χ2n) is 7.67. The minimum atomic E-state index is -0.355. The van der Waals surface area contributed by atoms with Gasteiger partial charge >= 0.3 is 0 Å². The molecule has 10 heteroatoms. The monoisotopic (exact) mass is 473 g/mol. The first-order valence-corrected chi connectivity index (χ1v) is 11.8. The second-order valence-corrected chi connectivity index (χ2v) is 8.51. The first-order valence-electron chi connectivity index (χ1n) is 10.9. The Kier molecular flexibility index (Phi) is 6.68. The van der Waals surface area contributed by atoms with Crippen LogP contribution in [0, 0.1) is 0 Å². The quantitative estimate of drug-likeness (QED) is 0.327. The molecule has 0 bridgehead atoms. The molecule has 5 rings (SSSR count). The van der Waals surface area contributed by atoms with Crippen LogP contribution >= 0.6 is 11.3 Å². The fraction of sp³-hybridized carbons (Fsp3) is 0.208. The molecule has 4 heterocycles. The van der Waals surface area contributed by atoms with Gasteiger partial charge in [0.1, 0.15) is 11.4 Å². The van der Waals surface area contributed by atoms with Crippen molar-refractivity contribution in [3.8, 4) is 11.3 Å². The molecule has 1 aromatic carbocycles. The highest BCUT2D eigenvalue weighted by Gasteiger charge is 2.17. The van der Waals surface area contributed by atoms with Crippen molar-refractivity contribution in [3.05, 3.63) is 83.3 Å². The van der Waals surface area contributed by atoms with E-state index in [2.05, 4.69) is 37.5 Å². The van der Waals surface area contributed by atoms with Crippen LogP contribution in [0.5, 0.6) is 0 Å². The molecule has 172 valence electrons. The maximum atomic E-state index is 12.6. The van der Waals surface area contributed by atoms with Gasteiger partial charge in [-0.25, -0.2) is 10.4 Å². The Morgan fingerprint density at radius 2 is 2.03 bits per heavy atom. The fourth-order valence-electron chi connectivity index (χ4n) is 3.60. The van der Waals surface area contributed by atoms with Crippen LogP contribution in [0.2, 0.25) is 0 Å². The molecule has 1 aliphatic rings. The number of carbonyl (C=O) groups excluding carboxylic acids is 1. The number of amides is 1. The molecule has 1 N–H and O–H groups in total. The molecule has 3 aromatic heterocycles. The average Bonchev–Trinajstić information content (AvgIpc) is 3.54. The van der Waals surface area contributed by atoms with E-state index in [1.807, 2.05) is 41.2 Å². The number of thiazole rings is 1. The summed E-state index contributed by atoms with van der Waals surface area (Å²) in [5.41, 5.74) is 6.45. The van der Waals surface area contributed by atoms with Crippen LogP contribution in [0.25, 0.3) is 11.3 Å². The number of ether oxygens (including phenoxy) is 1. The van der Waals surface area contributed by atoms with Gasteiger partial charge in [-0.1, -0.05) is 30.3 Å². The highest BCUT2D eigenvalue weighted by molar-refractivity contribution is 7.13. The van der Waals surface area contributed by atoms with E-state index in [4.69, 9.17) is 9.84 Å². The van der Waals surface area contributed by atoms with Gasteiger partial charge < -0.3 is 9.64 Å². The summed E-state index contributed by atoms with van der Waals surface area (Å²) in [7, 11) is 0. The lowest BCUT2D eigenvalue weighted by Gasteiger charge is -2.25. The summed E-state index contributed by atoms with van der Waals surface area (Å²) in [4.78, 5) is 23.4. The lowest BCUT2D eigenvalue weighted by atomic mass is 10.1. The maximum absolute atomic E-state index is 12.6. The van der Waals surface area contributed by atoms with Gasteiger partial charge in [0.25, 0.3) is 5.91 Å². The standard InChI is InChI=1S/C24H23N7O2S/c32-23(21-17-34-24(27-21)30-9-11-33-12-10-30)28-26-14-20-16-31(15-18-5-2-1-3-6-18)29-22(20)19-7-4-8-25-13-19/h1-8,13-14,16-17H,9-12,15H2,(H,28,32)/b26-14+. The third-order valence-electron chi connectivity index (χ3n) is 5.29. The zero-order valence-electron chi connectivity index (χ0n) is 18.4. The Labute approximate surface area is 200 Å². The lowest BCUT2D eigenvalue weighted by molar-refractivity contribution is 0.0951. The molecule has 4 aromatic rings. The Balaban J connectivity index is 1.31. The number of nitrogens with one attached hydrogen (secondary N) is 1. The summed E-state index contributed by atoms with van der Waals surface area (Å²) in [6, 6.07) is 13.9. The van der Waals surface area contributed by atoms with Crippen molar-refractivity contribution in [2.75, 3.05) is 31.2 Å². The molecule has 1 fully saturated rings. The van der Waals surface area contributed by atoms with Crippen molar-refractivity contribution in [2.24, 2.45) is 5.10 Å². The Bertz CT molecular complexity index is 1260. The molecule has 0 aliphatic carbocycles. The Morgan fingerprint density at radius 3 is 2.82 bits per heavy atom. The maximum Gasteiger partial charge on any atom is 0.290 e. The number of hydrogen-bond donors (Lipinski definition) is 1. The van der Waals surface area contributed by atoms with Crippen molar-refractivity contribution in [3.63, 3.8) is 0 Å². The first-order chi connectivity index (χ1) is 16.8. The Hall–Kier alpha value is -3.89. The van der Waals surface area contributed by atoms with Gasteiger partial charge in [0.2, 0.25) is 0 Å². The van der Waals surface area contributed by atoms with Gasteiger partial charge in [0, 0.05) is 48.2 Å². The summed E-state index contributed by atoms with van der Waals surface area (Å²) in [6.07, 6.45) is 6.99. The molecular weight excluding hydrogens is 450 g/mol. The Morgan fingerprint density at radius 1 is 1.18 bits per heavy atom. The van der Waals surface area contributed by atoms with Crippen molar-refractivity contribution in [1.29, 1.82) is 0 Å². The molecule has 1 saturated heterocycles. The number of carbonyl (C=O) groups is 1. The van der Waals surface area contributed by atoms with E-state index in [0.29, 0.717) is 25.5 Å². The minimum Gasteiger partial charge on any atom is -0.378 e. The number of nitrogens with zero attached hydrogens (tertiary/aromatic N) is 6. The van der Waals surface area contributed by atoms with E-state index in [9.17, 15) is 4.79 Å². The van der Waals surface area contributed by atoms with Gasteiger partial charge in [0.15, 0.2) is 5.13 Å². The van der Waals surface area contributed by atoms with E-state index in [-0.39, 0.29) is 5.91 Å². The minimum absolute atomic E-state index is 0.343. The predicted molar refractivity (Wildman–Crippen MR) is 131 cm³/mol. The van der Waals surface area contributed by atoms with E-state index < -0.39 is 0 Å². The number of anilines is 1. The van der Waals surface area contributed by atoms with Gasteiger partial charge in [-0.3, -0.25) is 14.5 Å². The largest absolute Gasteiger partial charge is 0.378 e. The van der Waals surface area contributed by atoms with Crippen LogP contribution in [-0.4, -0.2) is 58.2 Å². The number of hydrogen-bond acceptors (Lipinski definition) is 8. The number of pyridine rings is 1. The smallest absolute Gasteiger partial charge is 0.290 e. The van der Waals surface area contributed by atoms with Crippen molar-refractivity contribution in [1.82, 2.24) is 25.2 Å². The van der Waals surface area contributed by atoms with Crippen LogP contribution in [0.1, 0.15) is 21.6 Å². The summed E-state index contributed by atoms with van der Waals surface area (Å²) in [5.74, 6) is -0.355. The second kappa shape index (κ2) is 10.4. The number of aromatic nitrogens is 4. The molecule has 0 spiro atoms. The molecule has 1 aliphatic heterocycles. The number of benzene rings is 1. The van der Waals surface area contributed by atoms with Crippen molar-refractivity contribution >= 4 is 28.6 Å². The summed E-state index contributed by atoms with van der Waals surface area (Å²) >= 11 is 1.44. The molecule has 0 unspecified atom stereocenters. The molecule has 9 nitrogen and oxygen atoms in total. The zero-order chi connectivity index (χ0) is 23.2. The SMILES string of the molecule is O=C(N/N=C/c1cn(Cc2ccccc2)nc1-c1cccnc1)c1csc(N2CCOCC2)n1. The number of rotatable bonds is 7. The van der Waals surface area contributed by atoms with Crippen LogP contribution < -0.4 is 10.3 Å². The third-order valence-corrected chi connectivity index (χ3v) is 6.19. The van der Waals surface area contributed by atoms with E-state index in [1.165, 1.54) is 11.3 Å². The van der Waals surface area contributed by atoms with Gasteiger partial charge in [-0.2, -0.15) is 10.2 Å². The summed E-state index contributed by atoms with van der Waals surface area (Å²) in [5, 5.41) is 11.5. The van der Waals surface area contributed by atoms with Gasteiger partial charge in [0.05, 0.1) is 26.0 Å². The predicted octanol–water partition coefficient (Wildman–Crippen LogP) is 3.05. The lowest BCUT2D eigenvalue weighted by Crippen LogP contribution is -2.36. The van der Waals surface area contributed by atoms with Crippen LogP contribution in [0.3, 0.4) is 0 Å². The molecule has 0 atom stereocenters. The van der Waals surface area contributed by atoms with Crippen molar-refractivity contribution < 1.29 is 9.53 Å². The molecule has 0 radical (unpaired) electrons. The van der Waals surface area contributed by atoms with Crippen LogP contribution in [0.4, 0.5) is 5.13 Å². The first kappa shape index (κ1) is 21.9. The van der Waals surface area contributed by atoms with Crippen LogP contribution in [-0.2, 0) is 11.3 Å². The van der Waals surface area contributed by atoms with Crippen LogP contribution in [0.15, 0.2) is 71.5 Å². The fourth-order valence-corrected chi connectivity index (χ4v) is 4.46. The third kappa shape index (κ3) is 5.19. The van der Waals surface area contributed by atoms with E-state index in [0.717, 1.165) is 40.6 Å². The number of morpholine rings is 1. The van der Waals surface area contributed by atoms with E-state index >= 15 is 0 Å².